The van der Waals surface area contributed by atoms with Crippen LogP contribution in [0.25, 0.3) is 78.3 Å². The van der Waals surface area contributed by atoms with E-state index in [1.165, 1.54) is 27.8 Å². The second-order valence-corrected chi connectivity index (χ2v) is 17.2. The van der Waals surface area contributed by atoms with E-state index in [-0.39, 0.29) is 0 Å². The van der Waals surface area contributed by atoms with Crippen molar-refractivity contribution in [1.29, 1.82) is 10.5 Å². The van der Waals surface area contributed by atoms with Crippen LogP contribution in [0.3, 0.4) is 0 Å². The number of nitrogens with zero attached hydrogens (tertiary/aromatic N) is 5. The van der Waals surface area contributed by atoms with Gasteiger partial charge in [-0.25, -0.2) is 15.0 Å². The Morgan fingerprint density at radius 3 is 1.61 bits per heavy atom. The molecule has 9 aromatic carbocycles. The van der Waals surface area contributed by atoms with Crippen molar-refractivity contribution < 1.29 is 0 Å². The van der Waals surface area contributed by atoms with Gasteiger partial charge < -0.3 is 0 Å². The lowest BCUT2D eigenvalue weighted by atomic mass is 9.66. The highest BCUT2D eigenvalue weighted by molar-refractivity contribution is 7.99. The lowest BCUT2D eigenvalue weighted by molar-refractivity contribution is 0.723. The smallest absolute Gasteiger partial charge is 0.165 e. The molecule has 2 aliphatic rings. The zero-order valence-electron chi connectivity index (χ0n) is 34.2. The molecule has 0 radical (unpaired) electrons. The summed E-state index contributed by atoms with van der Waals surface area (Å²) in [6, 6.07) is 74.0. The molecule has 1 unspecified atom stereocenters. The Morgan fingerprint density at radius 1 is 0.375 bits per heavy atom. The molecule has 1 spiro atoms. The normalized spacial score (nSPS) is 14.2. The molecule has 1 aliphatic carbocycles. The minimum atomic E-state index is -0.774. The van der Waals surface area contributed by atoms with Gasteiger partial charge >= 0.3 is 0 Å². The van der Waals surface area contributed by atoms with Crippen molar-refractivity contribution in [3.05, 3.63) is 234 Å². The summed E-state index contributed by atoms with van der Waals surface area (Å²) in [6.07, 6.45) is 0. The topological polar surface area (TPSA) is 86.2 Å². The fourth-order valence-corrected chi connectivity index (χ4v) is 11.1. The highest BCUT2D eigenvalue weighted by Crippen LogP contribution is 2.65. The number of hydrogen-bond donors (Lipinski definition) is 0. The number of benzene rings is 9. The summed E-state index contributed by atoms with van der Waals surface area (Å²) < 4.78 is 0. The molecule has 1 aromatic heterocycles. The first-order valence-electron chi connectivity index (χ1n) is 21.1. The Balaban J connectivity index is 1.19. The molecule has 10 aromatic rings. The third kappa shape index (κ3) is 5.74. The molecule has 0 saturated heterocycles. The second-order valence-electron chi connectivity index (χ2n) is 16.1. The summed E-state index contributed by atoms with van der Waals surface area (Å²) in [7, 11) is 0. The maximum atomic E-state index is 9.75. The minimum Gasteiger partial charge on any atom is -0.208 e. The molecule has 5 nitrogen and oxygen atoms in total. The van der Waals surface area contributed by atoms with Crippen LogP contribution in [0.4, 0.5) is 0 Å². The van der Waals surface area contributed by atoms with Gasteiger partial charge in [0.15, 0.2) is 17.5 Å². The van der Waals surface area contributed by atoms with Crippen molar-refractivity contribution >= 4 is 22.5 Å². The van der Waals surface area contributed by atoms with E-state index in [1.807, 2.05) is 97.1 Å². The Bertz CT molecular complexity index is 3530. The highest BCUT2D eigenvalue weighted by atomic mass is 32.2. The maximum absolute atomic E-state index is 9.75. The minimum absolute atomic E-state index is 0.605. The van der Waals surface area contributed by atoms with Crippen LogP contribution in [-0.4, -0.2) is 15.0 Å². The first kappa shape index (κ1) is 37.4. The van der Waals surface area contributed by atoms with Crippen LogP contribution < -0.4 is 0 Å². The highest BCUT2D eigenvalue weighted by Gasteiger charge is 2.51. The molecule has 64 heavy (non-hydrogen) atoms. The molecular weight excluding hydrogens is 799 g/mol. The fourth-order valence-electron chi connectivity index (χ4n) is 9.81. The lowest BCUT2D eigenvalue weighted by Gasteiger charge is -2.40. The van der Waals surface area contributed by atoms with Crippen molar-refractivity contribution in [2.45, 2.75) is 15.2 Å². The number of fused-ring (bicyclic) bond motifs is 11. The van der Waals surface area contributed by atoms with Gasteiger partial charge in [-0.3, -0.25) is 0 Å². The van der Waals surface area contributed by atoms with E-state index >= 15 is 0 Å². The summed E-state index contributed by atoms with van der Waals surface area (Å²) >= 11 is 1.77. The maximum Gasteiger partial charge on any atom is 0.165 e. The van der Waals surface area contributed by atoms with E-state index in [0.29, 0.717) is 28.6 Å². The number of hydrogen-bond acceptors (Lipinski definition) is 6. The van der Waals surface area contributed by atoms with Crippen molar-refractivity contribution in [3.63, 3.8) is 0 Å². The first-order chi connectivity index (χ1) is 31.6. The van der Waals surface area contributed by atoms with Gasteiger partial charge in [-0.1, -0.05) is 169 Å². The van der Waals surface area contributed by atoms with Crippen LogP contribution >= 0.6 is 11.8 Å². The standard InChI is InChI=1S/C58H33N5S/c59-34-36-22-26-38(27-23-36)42-30-31-45-50(32-42)58(51-33-47(39-28-24-37(35-60)25-29-39)43-16-7-8-17-44(43)53(45)51)48-19-9-10-21-52(48)64-54-46(18-11-20-49(54)58)57-62-55(40-12-3-1-4-13-40)61-56(63-57)41-14-5-2-6-15-41/h1-33H. The number of nitriles is 2. The monoisotopic (exact) mass is 831 g/mol. The molecule has 1 aliphatic heterocycles. The number of rotatable bonds is 5. The van der Waals surface area contributed by atoms with E-state index in [2.05, 4.69) is 115 Å². The summed E-state index contributed by atoms with van der Waals surface area (Å²) in [6.45, 7) is 0. The van der Waals surface area contributed by atoms with Gasteiger partial charge in [0.1, 0.15) is 0 Å². The fraction of sp³-hybridized carbons (Fsp3) is 0.0172. The third-order valence-electron chi connectivity index (χ3n) is 12.7. The second kappa shape index (κ2) is 14.9. The van der Waals surface area contributed by atoms with E-state index in [1.54, 1.807) is 11.8 Å². The average molecular weight is 832 g/mol. The summed E-state index contributed by atoms with van der Waals surface area (Å²) in [5, 5.41) is 21.7. The molecule has 0 fully saturated rings. The van der Waals surface area contributed by atoms with Crippen LogP contribution in [0.2, 0.25) is 0 Å². The van der Waals surface area contributed by atoms with Crippen LogP contribution in [0.5, 0.6) is 0 Å². The SMILES string of the molecule is N#Cc1ccc(-c2ccc3c(c2)C2(c4ccccc4Sc4c(-c5nc(-c6ccccc6)nc(-c6ccccc6)n5)cccc42)c2cc(-c4ccc(C#N)cc4)c4ccccc4c2-3)cc1. The summed E-state index contributed by atoms with van der Waals surface area (Å²) in [4.78, 5) is 17.8. The molecular formula is C58H33N5S. The van der Waals surface area contributed by atoms with E-state index in [9.17, 15) is 10.5 Å². The quantitative estimate of drug-likeness (QED) is 0.172. The van der Waals surface area contributed by atoms with Gasteiger partial charge in [-0.2, -0.15) is 10.5 Å². The van der Waals surface area contributed by atoms with Gasteiger partial charge in [0.05, 0.1) is 28.7 Å². The van der Waals surface area contributed by atoms with Gasteiger partial charge in [0.2, 0.25) is 0 Å². The van der Waals surface area contributed by atoms with Gasteiger partial charge in [0.25, 0.3) is 0 Å². The third-order valence-corrected chi connectivity index (χ3v) is 13.9. The van der Waals surface area contributed by atoms with Gasteiger partial charge in [0, 0.05) is 26.5 Å². The predicted octanol–water partition coefficient (Wildman–Crippen LogP) is 13.9. The zero-order chi connectivity index (χ0) is 42.8. The van der Waals surface area contributed by atoms with Crippen molar-refractivity contribution in [2.75, 3.05) is 0 Å². The Kier molecular flexibility index (Phi) is 8.69. The zero-order valence-corrected chi connectivity index (χ0v) is 35.0. The van der Waals surface area contributed by atoms with Gasteiger partial charge in [-0.05, 0) is 109 Å². The van der Waals surface area contributed by atoms with Crippen LogP contribution in [0.15, 0.2) is 210 Å². The molecule has 12 rings (SSSR count). The van der Waals surface area contributed by atoms with E-state index in [0.717, 1.165) is 65.1 Å². The van der Waals surface area contributed by atoms with Crippen LogP contribution in [0.1, 0.15) is 33.4 Å². The van der Waals surface area contributed by atoms with Crippen LogP contribution in [-0.2, 0) is 5.41 Å². The first-order valence-corrected chi connectivity index (χ1v) is 21.9. The van der Waals surface area contributed by atoms with E-state index < -0.39 is 5.41 Å². The van der Waals surface area contributed by atoms with Crippen LogP contribution in [0, 0.1) is 22.7 Å². The molecule has 0 saturated carbocycles. The Hall–Kier alpha value is -8.42. The molecule has 6 heteroatoms. The summed E-state index contributed by atoms with van der Waals surface area (Å²) in [5.74, 6) is 1.83. The Morgan fingerprint density at radius 2 is 0.938 bits per heavy atom. The molecule has 296 valence electrons. The largest absolute Gasteiger partial charge is 0.208 e. The Labute approximate surface area is 374 Å². The van der Waals surface area contributed by atoms with Crippen molar-refractivity contribution in [2.24, 2.45) is 0 Å². The van der Waals surface area contributed by atoms with Gasteiger partial charge in [-0.15, -0.1) is 0 Å². The molecule has 0 N–H and O–H groups in total. The van der Waals surface area contributed by atoms with Crippen molar-refractivity contribution in [1.82, 2.24) is 15.0 Å². The average Bonchev–Trinajstić information content (AvgIpc) is 3.66. The molecule has 0 bridgehead atoms. The summed E-state index contributed by atoms with van der Waals surface area (Å²) in [5.41, 5.74) is 14.6. The molecule has 2 heterocycles. The number of aromatic nitrogens is 3. The van der Waals surface area contributed by atoms with Crippen molar-refractivity contribution in [3.8, 4) is 79.7 Å². The predicted molar refractivity (Wildman–Crippen MR) is 255 cm³/mol. The lowest BCUT2D eigenvalue weighted by Crippen LogP contribution is -2.32. The van der Waals surface area contributed by atoms with E-state index in [4.69, 9.17) is 15.0 Å². The molecule has 1 atom stereocenters. The molecule has 0 amide bonds.